The van der Waals surface area contributed by atoms with Crippen LogP contribution in [-0.2, 0) is 24.3 Å². The first-order valence-electron chi connectivity index (χ1n) is 10.2. The molecule has 0 bridgehead atoms. The van der Waals surface area contributed by atoms with Crippen LogP contribution in [0.25, 0.3) is 15.9 Å². The van der Waals surface area contributed by atoms with Crippen LogP contribution in [0.3, 0.4) is 0 Å². The van der Waals surface area contributed by atoms with Gasteiger partial charge in [0.05, 0.1) is 30.2 Å². The minimum Gasteiger partial charge on any atom is -0.370 e. The molecule has 5 rings (SSSR count). The highest BCUT2D eigenvalue weighted by molar-refractivity contribution is 7.19. The predicted octanol–water partition coefficient (Wildman–Crippen LogP) is 2.54. The Kier molecular flexibility index (Phi) is 4.22. The molecule has 0 amide bonds. The molecule has 2 atom stereocenters. The first-order chi connectivity index (χ1) is 13.0. The van der Waals surface area contributed by atoms with Crippen LogP contribution in [0.5, 0.6) is 0 Å². The number of thiophene rings is 1. The Hall–Kier alpha value is -1.57. The second-order valence-electron chi connectivity index (χ2n) is 8.64. The number of ether oxygens (including phenoxy) is 1. The van der Waals surface area contributed by atoms with Gasteiger partial charge in [0.25, 0.3) is 0 Å². The Morgan fingerprint density at radius 2 is 2.26 bits per heavy atom. The van der Waals surface area contributed by atoms with Gasteiger partial charge in [-0.15, -0.1) is 16.4 Å². The van der Waals surface area contributed by atoms with E-state index >= 15 is 0 Å². The predicted molar refractivity (Wildman–Crippen MR) is 106 cm³/mol. The number of likely N-dealkylation sites (tertiary alicyclic amines) is 1. The highest BCUT2D eigenvalue weighted by Gasteiger charge is 2.31. The third-order valence-corrected chi connectivity index (χ3v) is 7.32. The molecular formula is C20H28N5OS+. The van der Waals surface area contributed by atoms with E-state index in [0.29, 0.717) is 6.61 Å². The summed E-state index contributed by atoms with van der Waals surface area (Å²) in [6, 6.07) is 0.746. The maximum atomic E-state index is 6.00. The highest BCUT2D eigenvalue weighted by Crippen LogP contribution is 2.39. The molecule has 3 aromatic heterocycles. The van der Waals surface area contributed by atoms with Crippen molar-refractivity contribution in [1.82, 2.24) is 19.6 Å². The van der Waals surface area contributed by atoms with Gasteiger partial charge in [-0.3, -0.25) is 0 Å². The lowest BCUT2D eigenvalue weighted by molar-refractivity contribution is -0.944. The van der Waals surface area contributed by atoms with Gasteiger partial charge in [0.15, 0.2) is 5.65 Å². The normalized spacial score (nSPS) is 25.1. The summed E-state index contributed by atoms with van der Waals surface area (Å²) in [5, 5.41) is 5.97. The van der Waals surface area contributed by atoms with Crippen molar-refractivity contribution in [2.75, 3.05) is 6.54 Å². The molecule has 27 heavy (non-hydrogen) atoms. The summed E-state index contributed by atoms with van der Waals surface area (Å²) in [5.74, 6) is 0.950. The number of fused-ring (bicyclic) bond motifs is 5. The Balaban J connectivity index is 1.55. The van der Waals surface area contributed by atoms with Crippen LogP contribution < -0.4 is 4.90 Å². The molecule has 0 saturated carbocycles. The van der Waals surface area contributed by atoms with E-state index in [4.69, 9.17) is 14.8 Å². The summed E-state index contributed by atoms with van der Waals surface area (Å²) < 4.78 is 7.89. The number of nitrogens with zero attached hydrogens (tertiary/aromatic N) is 4. The third-order valence-electron chi connectivity index (χ3n) is 6.21. The van der Waals surface area contributed by atoms with Crippen molar-refractivity contribution in [1.29, 1.82) is 0 Å². The van der Waals surface area contributed by atoms with Crippen LogP contribution >= 0.6 is 11.3 Å². The number of nitrogens with one attached hydrogen (secondary N) is 1. The molecule has 6 nitrogen and oxygen atoms in total. The fourth-order valence-corrected chi connectivity index (χ4v) is 5.81. The van der Waals surface area contributed by atoms with E-state index in [1.165, 1.54) is 48.1 Å². The van der Waals surface area contributed by atoms with Crippen molar-refractivity contribution >= 4 is 27.2 Å². The van der Waals surface area contributed by atoms with Crippen LogP contribution in [0.2, 0.25) is 0 Å². The maximum absolute atomic E-state index is 6.00. The van der Waals surface area contributed by atoms with Crippen molar-refractivity contribution in [2.24, 2.45) is 0 Å². The van der Waals surface area contributed by atoms with E-state index in [1.807, 2.05) is 10.8 Å². The summed E-state index contributed by atoms with van der Waals surface area (Å²) in [6.07, 6.45) is 7.98. The van der Waals surface area contributed by atoms with E-state index < -0.39 is 0 Å². The molecular weight excluding hydrogens is 358 g/mol. The van der Waals surface area contributed by atoms with Gasteiger partial charge < -0.3 is 9.64 Å². The first-order valence-corrected chi connectivity index (χ1v) is 11.0. The molecule has 1 unspecified atom stereocenters. The topological polar surface area (TPSA) is 56.8 Å². The SMILES string of the molecule is CC[C@@H]1CCCC[NH+]1Cc1nc2c3c4c(sc3ncn2n1)COC(C)(C)C4. The van der Waals surface area contributed by atoms with Crippen molar-refractivity contribution in [3.8, 4) is 0 Å². The Morgan fingerprint density at radius 3 is 3.11 bits per heavy atom. The van der Waals surface area contributed by atoms with E-state index in [9.17, 15) is 0 Å². The van der Waals surface area contributed by atoms with Crippen LogP contribution in [0.15, 0.2) is 6.33 Å². The van der Waals surface area contributed by atoms with Gasteiger partial charge in [-0.25, -0.2) is 14.5 Å². The molecule has 0 aliphatic carbocycles. The molecule has 7 heteroatoms. The number of rotatable bonds is 3. The number of aromatic nitrogens is 4. The summed E-state index contributed by atoms with van der Waals surface area (Å²) >= 11 is 1.74. The van der Waals surface area contributed by atoms with Crippen molar-refractivity contribution in [3.63, 3.8) is 0 Å². The van der Waals surface area contributed by atoms with E-state index in [-0.39, 0.29) is 5.60 Å². The van der Waals surface area contributed by atoms with Crippen LogP contribution in [0.4, 0.5) is 0 Å². The van der Waals surface area contributed by atoms with Gasteiger partial charge in [-0.05, 0) is 45.1 Å². The molecule has 0 aromatic carbocycles. The minimum atomic E-state index is -0.136. The molecule has 1 fully saturated rings. The molecule has 144 valence electrons. The largest absolute Gasteiger partial charge is 0.370 e. The smallest absolute Gasteiger partial charge is 0.206 e. The molecule has 1 saturated heterocycles. The van der Waals surface area contributed by atoms with Crippen LogP contribution in [0, 0.1) is 0 Å². The van der Waals surface area contributed by atoms with Gasteiger partial charge in [0.1, 0.15) is 17.7 Å². The molecule has 0 spiro atoms. The lowest BCUT2D eigenvalue weighted by Crippen LogP contribution is -3.15. The van der Waals surface area contributed by atoms with Gasteiger partial charge in [-0.1, -0.05) is 6.92 Å². The van der Waals surface area contributed by atoms with Crippen molar-refractivity contribution < 1.29 is 9.64 Å². The second kappa shape index (κ2) is 6.50. The lowest BCUT2D eigenvalue weighted by Gasteiger charge is -2.31. The quantitative estimate of drug-likeness (QED) is 0.752. The summed E-state index contributed by atoms with van der Waals surface area (Å²) in [7, 11) is 0. The highest BCUT2D eigenvalue weighted by atomic mass is 32.1. The molecule has 5 heterocycles. The lowest BCUT2D eigenvalue weighted by atomic mass is 9.94. The van der Waals surface area contributed by atoms with Crippen LogP contribution in [-0.4, -0.2) is 37.8 Å². The van der Waals surface area contributed by atoms with E-state index in [1.54, 1.807) is 16.2 Å². The van der Waals surface area contributed by atoms with Gasteiger partial charge in [0, 0.05) is 11.3 Å². The zero-order valence-electron chi connectivity index (χ0n) is 16.4. The number of quaternary nitrogens is 1. The van der Waals surface area contributed by atoms with Crippen molar-refractivity contribution in [3.05, 3.63) is 22.6 Å². The minimum absolute atomic E-state index is 0.136. The summed E-state index contributed by atoms with van der Waals surface area (Å²) in [4.78, 5) is 13.7. The van der Waals surface area contributed by atoms with E-state index in [0.717, 1.165) is 35.3 Å². The average molecular weight is 387 g/mol. The molecule has 2 aliphatic heterocycles. The summed E-state index contributed by atoms with van der Waals surface area (Å²) in [6.45, 7) is 9.46. The Morgan fingerprint density at radius 1 is 1.37 bits per heavy atom. The fraction of sp³-hybridized carbons (Fsp3) is 0.650. The third kappa shape index (κ3) is 3.05. The van der Waals surface area contributed by atoms with E-state index in [2.05, 4.69) is 25.8 Å². The average Bonchev–Trinajstić information content (AvgIpc) is 3.21. The summed E-state index contributed by atoms with van der Waals surface area (Å²) in [5.41, 5.74) is 2.19. The zero-order valence-corrected chi connectivity index (χ0v) is 17.2. The molecule has 1 N–H and O–H groups in total. The van der Waals surface area contributed by atoms with Gasteiger partial charge in [-0.2, -0.15) is 0 Å². The Bertz CT molecular complexity index is 991. The molecule has 2 aliphatic rings. The van der Waals surface area contributed by atoms with Crippen molar-refractivity contribution in [2.45, 2.75) is 77.7 Å². The Labute approximate surface area is 163 Å². The maximum Gasteiger partial charge on any atom is 0.206 e. The van der Waals surface area contributed by atoms with Gasteiger partial charge >= 0.3 is 0 Å². The zero-order chi connectivity index (χ0) is 18.6. The number of hydrogen-bond donors (Lipinski definition) is 1. The first kappa shape index (κ1) is 17.5. The second-order valence-corrected chi connectivity index (χ2v) is 9.72. The fourth-order valence-electron chi connectivity index (χ4n) is 4.74. The molecule has 0 radical (unpaired) electrons. The number of piperidine rings is 1. The standard InChI is InChI=1S/C20H27N5OS/c1-4-13-7-5-6-8-24(13)10-16-22-18-17-14-9-20(2,3)26-11-15(14)27-19(17)21-12-25(18)23-16/h12-13H,4-11H2,1-3H3/p+1/t13-/m1/s1. The number of hydrogen-bond acceptors (Lipinski definition) is 5. The van der Waals surface area contributed by atoms with Crippen LogP contribution in [0.1, 0.15) is 62.7 Å². The van der Waals surface area contributed by atoms with Gasteiger partial charge in [0.2, 0.25) is 5.82 Å². The molecule has 3 aromatic rings. The monoisotopic (exact) mass is 386 g/mol.